The number of para-hydroxylation sites is 1. The summed E-state index contributed by atoms with van der Waals surface area (Å²) in [6.45, 7) is 6.67. The van der Waals surface area contributed by atoms with Crippen molar-refractivity contribution in [3.8, 4) is 5.75 Å². The second-order valence-electron chi connectivity index (χ2n) is 5.34. The molecule has 0 bridgehead atoms. The van der Waals surface area contributed by atoms with Crippen LogP contribution in [0.1, 0.15) is 27.8 Å². The fourth-order valence-corrected chi connectivity index (χ4v) is 2.54. The molecule has 110 valence electrons. The number of benzene rings is 2. The van der Waals surface area contributed by atoms with Gasteiger partial charge in [0.15, 0.2) is 0 Å². The van der Waals surface area contributed by atoms with Gasteiger partial charge in [-0.3, -0.25) is 4.79 Å². The van der Waals surface area contributed by atoms with Crippen molar-refractivity contribution in [2.75, 3.05) is 0 Å². The molecule has 0 spiro atoms. The van der Waals surface area contributed by atoms with Crippen molar-refractivity contribution < 1.29 is 14.6 Å². The van der Waals surface area contributed by atoms with E-state index in [0.29, 0.717) is 17.9 Å². The highest BCUT2D eigenvalue weighted by atomic mass is 16.5. The second kappa shape index (κ2) is 6.44. The van der Waals surface area contributed by atoms with Crippen LogP contribution < -0.4 is 4.74 Å². The highest BCUT2D eigenvalue weighted by molar-refractivity contribution is 5.71. The van der Waals surface area contributed by atoms with Gasteiger partial charge in [0.2, 0.25) is 0 Å². The Kier molecular flexibility index (Phi) is 4.63. The van der Waals surface area contributed by atoms with E-state index in [9.17, 15) is 4.79 Å². The van der Waals surface area contributed by atoms with E-state index in [1.165, 1.54) is 16.7 Å². The lowest BCUT2D eigenvalue weighted by molar-refractivity contribution is -0.136. The van der Waals surface area contributed by atoms with Crippen LogP contribution in [0.15, 0.2) is 36.4 Å². The molecule has 0 aliphatic rings. The van der Waals surface area contributed by atoms with Crippen LogP contribution in [0.25, 0.3) is 0 Å². The third-order valence-electron chi connectivity index (χ3n) is 3.53. The standard InChI is InChI=1S/C18H20O3/c1-12-8-13(2)16(14(3)9-12)11-21-17-7-5-4-6-15(17)10-18(19)20/h4-9H,10-11H2,1-3H3,(H,19,20). The van der Waals surface area contributed by atoms with E-state index in [1.807, 2.05) is 18.2 Å². The van der Waals surface area contributed by atoms with Gasteiger partial charge in [-0.15, -0.1) is 0 Å². The maximum atomic E-state index is 10.9. The Morgan fingerprint density at radius 2 is 1.71 bits per heavy atom. The van der Waals surface area contributed by atoms with E-state index in [-0.39, 0.29) is 6.42 Å². The smallest absolute Gasteiger partial charge is 0.307 e. The third-order valence-corrected chi connectivity index (χ3v) is 3.53. The van der Waals surface area contributed by atoms with E-state index in [0.717, 1.165) is 5.56 Å². The summed E-state index contributed by atoms with van der Waals surface area (Å²) < 4.78 is 5.86. The van der Waals surface area contributed by atoms with Gasteiger partial charge in [0.05, 0.1) is 6.42 Å². The predicted octanol–water partition coefficient (Wildman–Crippen LogP) is 3.82. The minimum atomic E-state index is -0.853. The molecule has 3 heteroatoms. The highest BCUT2D eigenvalue weighted by Crippen LogP contribution is 2.22. The number of aliphatic carboxylic acids is 1. The molecule has 0 fully saturated rings. The molecule has 0 unspecified atom stereocenters. The molecule has 0 aromatic heterocycles. The first-order chi connectivity index (χ1) is 9.97. The van der Waals surface area contributed by atoms with Gasteiger partial charge in [-0.05, 0) is 43.5 Å². The van der Waals surface area contributed by atoms with E-state index < -0.39 is 5.97 Å². The van der Waals surface area contributed by atoms with Crippen molar-refractivity contribution >= 4 is 5.97 Å². The summed E-state index contributed by atoms with van der Waals surface area (Å²) in [6, 6.07) is 11.6. The molecule has 0 atom stereocenters. The SMILES string of the molecule is Cc1cc(C)c(COc2ccccc2CC(=O)O)c(C)c1. The van der Waals surface area contributed by atoms with Crippen LogP contribution in [0.3, 0.4) is 0 Å². The van der Waals surface area contributed by atoms with Crippen molar-refractivity contribution in [3.63, 3.8) is 0 Å². The summed E-state index contributed by atoms with van der Waals surface area (Å²) in [6.07, 6.45) is -0.0258. The Labute approximate surface area is 125 Å². The lowest BCUT2D eigenvalue weighted by Crippen LogP contribution is -2.06. The van der Waals surface area contributed by atoms with Crippen LogP contribution in [0.2, 0.25) is 0 Å². The summed E-state index contributed by atoms with van der Waals surface area (Å²) in [5, 5.41) is 8.94. The Balaban J connectivity index is 2.19. The molecule has 0 aliphatic heterocycles. The van der Waals surface area contributed by atoms with Crippen LogP contribution in [0.5, 0.6) is 5.75 Å². The Morgan fingerprint density at radius 1 is 1.10 bits per heavy atom. The first kappa shape index (κ1) is 15.1. The summed E-state index contributed by atoms with van der Waals surface area (Å²) in [7, 11) is 0. The zero-order valence-corrected chi connectivity index (χ0v) is 12.6. The van der Waals surface area contributed by atoms with Crippen molar-refractivity contribution in [1.29, 1.82) is 0 Å². The molecule has 0 saturated heterocycles. The first-order valence-corrected chi connectivity index (χ1v) is 6.96. The number of ether oxygens (including phenoxy) is 1. The maximum absolute atomic E-state index is 10.9. The summed E-state index contributed by atoms with van der Waals surface area (Å²) in [5.74, 6) is -0.215. The third kappa shape index (κ3) is 3.85. The lowest BCUT2D eigenvalue weighted by Gasteiger charge is -2.14. The fraction of sp³-hybridized carbons (Fsp3) is 0.278. The number of hydrogen-bond donors (Lipinski definition) is 1. The molecule has 0 amide bonds. The summed E-state index contributed by atoms with van der Waals surface area (Å²) in [4.78, 5) is 10.9. The quantitative estimate of drug-likeness (QED) is 0.908. The van der Waals surface area contributed by atoms with Crippen molar-refractivity contribution in [2.45, 2.75) is 33.8 Å². The number of rotatable bonds is 5. The Hall–Kier alpha value is -2.29. The van der Waals surface area contributed by atoms with E-state index >= 15 is 0 Å². The van der Waals surface area contributed by atoms with Crippen LogP contribution in [-0.4, -0.2) is 11.1 Å². The van der Waals surface area contributed by atoms with Crippen LogP contribution in [0.4, 0.5) is 0 Å². The number of carboxylic acids is 1. The normalized spacial score (nSPS) is 10.4. The van der Waals surface area contributed by atoms with Gasteiger partial charge in [-0.25, -0.2) is 0 Å². The monoisotopic (exact) mass is 284 g/mol. The van der Waals surface area contributed by atoms with Gasteiger partial charge in [0.25, 0.3) is 0 Å². The largest absolute Gasteiger partial charge is 0.489 e. The zero-order valence-electron chi connectivity index (χ0n) is 12.6. The molecule has 0 heterocycles. The molecule has 3 nitrogen and oxygen atoms in total. The van der Waals surface area contributed by atoms with Crippen molar-refractivity contribution in [1.82, 2.24) is 0 Å². The van der Waals surface area contributed by atoms with Crippen molar-refractivity contribution in [3.05, 3.63) is 64.2 Å². The van der Waals surface area contributed by atoms with Crippen LogP contribution in [-0.2, 0) is 17.8 Å². The molecule has 0 radical (unpaired) electrons. The number of hydrogen-bond acceptors (Lipinski definition) is 2. The Morgan fingerprint density at radius 3 is 2.33 bits per heavy atom. The average molecular weight is 284 g/mol. The zero-order chi connectivity index (χ0) is 15.4. The minimum absolute atomic E-state index is 0.0258. The van der Waals surface area contributed by atoms with E-state index in [4.69, 9.17) is 9.84 Å². The van der Waals surface area contributed by atoms with Gasteiger partial charge >= 0.3 is 5.97 Å². The molecule has 1 N–H and O–H groups in total. The summed E-state index contributed by atoms with van der Waals surface area (Å²) in [5.41, 5.74) is 5.49. The average Bonchev–Trinajstić information content (AvgIpc) is 2.38. The molecule has 0 aliphatic carbocycles. The Bertz CT molecular complexity index is 636. The molecule has 2 aromatic rings. The van der Waals surface area contributed by atoms with E-state index in [2.05, 4.69) is 32.9 Å². The van der Waals surface area contributed by atoms with Crippen LogP contribution >= 0.6 is 0 Å². The molecule has 0 saturated carbocycles. The highest BCUT2D eigenvalue weighted by Gasteiger charge is 2.09. The molecule has 2 rings (SSSR count). The lowest BCUT2D eigenvalue weighted by atomic mass is 10.0. The fourth-order valence-electron chi connectivity index (χ4n) is 2.54. The number of aryl methyl sites for hydroxylation is 3. The summed E-state index contributed by atoms with van der Waals surface area (Å²) >= 11 is 0. The van der Waals surface area contributed by atoms with Gasteiger partial charge in [0, 0.05) is 5.56 Å². The topological polar surface area (TPSA) is 46.5 Å². The number of carbonyl (C=O) groups is 1. The van der Waals surface area contributed by atoms with E-state index in [1.54, 1.807) is 6.07 Å². The number of carboxylic acid groups (broad SMARTS) is 1. The molecular weight excluding hydrogens is 264 g/mol. The predicted molar refractivity (Wildman–Crippen MR) is 82.8 cm³/mol. The van der Waals surface area contributed by atoms with Gasteiger partial charge < -0.3 is 9.84 Å². The first-order valence-electron chi connectivity index (χ1n) is 6.96. The minimum Gasteiger partial charge on any atom is -0.489 e. The molecule has 21 heavy (non-hydrogen) atoms. The van der Waals surface area contributed by atoms with Gasteiger partial charge in [0.1, 0.15) is 12.4 Å². The molecule has 2 aromatic carbocycles. The maximum Gasteiger partial charge on any atom is 0.307 e. The van der Waals surface area contributed by atoms with Crippen molar-refractivity contribution in [2.24, 2.45) is 0 Å². The van der Waals surface area contributed by atoms with Gasteiger partial charge in [-0.2, -0.15) is 0 Å². The molecular formula is C18H20O3. The van der Waals surface area contributed by atoms with Gasteiger partial charge in [-0.1, -0.05) is 35.9 Å². The van der Waals surface area contributed by atoms with Crippen LogP contribution in [0, 0.1) is 20.8 Å². The second-order valence-corrected chi connectivity index (χ2v) is 5.34.